The zero-order valence-corrected chi connectivity index (χ0v) is 14.7. The first kappa shape index (κ1) is 17.7. The summed E-state index contributed by atoms with van der Waals surface area (Å²) in [6.07, 6.45) is 4.26. The van der Waals surface area contributed by atoms with E-state index >= 15 is 0 Å². The Morgan fingerprint density at radius 1 is 0.960 bits per heavy atom. The molecule has 1 saturated heterocycles. The van der Waals surface area contributed by atoms with Crippen molar-refractivity contribution < 1.29 is 9.59 Å². The van der Waals surface area contributed by atoms with Crippen molar-refractivity contribution in [3.8, 4) is 0 Å². The van der Waals surface area contributed by atoms with E-state index in [1.54, 1.807) is 0 Å². The molecule has 0 radical (unpaired) electrons. The van der Waals surface area contributed by atoms with Gasteiger partial charge in [-0.3, -0.25) is 14.5 Å². The first-order valence-electron chi connectivity index (χ1n) is 9.33. The first-order valence-corrected chi connectivity index (χ1v) is 9.33. The zero-order valence-electron chi connectivity index (χ0n) is 14.7. The van der Waals surface area contributed by atoms with Gasteiger partial charge in [0.15, 0.2) is 0 Å². The van der Waals surface area contributed by atoms with E-state index in [1.165, 1.54) is 5.69 Å². The van der Waals surface area contributed by atoms with Crippen LogP contribution in [0.5, 0.6) is 0 Å². The molecule has 0 atom stereocenters. The molecule has 1 heterocycles. The van der Waals surface area contributed by atoms with Crippen molar-refractivity contribution in [1.82, 2.24) is 15.5 Å². The molecular formula is C19H28N4O2. The zero-order chi connectivity index (χ0) is 17.5. The summed E-state index contributed by atoms with van der Waals surface area (Å²) in [5.41, 5.74) is 1.26. The number of hydrogen-bond acceptors (Lipinski definition) is 4. The third-order valence-electron chi connectivity index (χ3n) is 5.10. The second kappa shape index (κ2) is 8.85. The van der Waals surface area contributed by atoms with Crippen LogP contribution in [0, 0.1) is 0 Å². The fraction of sp³-hybridized carbons (Fsp3) is 0.579. The van der Waals surface area contributed by atoms with Crippen LogP contribution in [0.2, 0.25) is 0 Å². The van der Waals surface area contributed by atoms with Gasteiger partial charge in [0.1, 0.15) is 0 Å². The summed E-state index contributed by atoms with van der Waals surface area (Å²) in [6.45, 7) is 5.21. The van der Waals surface area contributed by atoms with E-state index < -0.39 is 11.8 Å². The number of anilines is 1. The number of rotatable bonds is 5. The molecule has 25 heavy (non-hydrogen) atoms. The molecule has 3 rings (SSSR count). The van der Waals surface area contributed by atoms with Gasteiger partial charge >= 0.3 is 11.8 Å². The largest absolute Gasteiger partial charge is 0.369 e. The number of carbonyl (C=O) groups is 2. The maximum atomic E-state index is 11.9. The minimum absolute atomic E-state index is 0.185. The normalized spacial score (nSPS) is 19.0. The number of para-hydroxylation sites is 1. The van der Waals surface area contributed by atoms with Crippen LogP contribution in [-0.2, 0) is 9.59 Å². The van der Waals surface area contributed by atoms with Crippen LogP contribution < -0.4 is 15.5 Å². The topological polar surface area (TPSA) is 64.7 Å². The quantitative estimate of drug-likeness (QED) is 0.782. The smallest absolute Gasteiger partial charge is 0.309 e. The highest BCUT2D eigenvalue weighted by Gasteiger charge is 2.21. The van der Waals surface area contributed by atoms with Crippen LogP contribution in [-0.4, -0.2) is 62.0 Å². The predicted octanol–water partition coefficient (Wildman–Crippen LogP) is 0.984. The third kappa shape index (κ3) is 5.19. The highest BCUT2D eigenvalue weighted by atomic mass is 16.2. The Kier molecular flexibility index (Phi) is 6.28. The Labute approximate surface area is 149 Å². The highest BCUT2D eigenvalue weighted by molar-refractivity contribution is 6.35. The van der Waals surface area contributed by atoms with Crippen molar-refractivity contribution in [2.45, 2.75) is 31.7 Å². The lowest BCUT2D eigenvalue weighted by Crippen LogP contribution is -2.50. The van der Waals surface area contributed by atoms with E-state index in [0.717, 1.165) is 58.4 Å². The number of nitrogens with one attached hydrogen (secondary N) is 2. The Balaban J connectivity index is 1.31. The lowest BCUT2D eigenvalue weighted by molar-refractivity contribution is -0.139. The Morgan fingerprint density at radius 2 is 1.64 bits per heavy atom. The molecule has 0 bridgehead atoms. The van der Waals surface area contributed by atoms with E-state index in [1.807, 2.05) is 6.07 Å². The molecule has 6 nitrogen and oxygen atoms in total. The summed E-state index contributed by atoms with van der Waals surface area (Å²) >= 11 is 0. The molecule has 1 aromatic carbocycles. The van der Waals surface area contributed by atoms with E-state index in [2.05, 4.69) is 44.7 Å². The van der Waals surface area contributed by atoms with Crippen LogP contribution in [0.4, 0.5) is 5.69 Å². The van der Waals surface area contributed by atoms with Crippen molar-refractivity contribution in [3.05, 3.63) is 30.3 Å². The van der Waals surface area contributed by atoms with Crippen molar-refractivity contribution in [3.63, 3.8) is 0 Å². The molecule has 136 valence electrons. The Morgan fingerprint density at radius 3 is 2.32 bits per heavy atom. The standard InChI is InChI=1S/C19H28N4O2/c24-18(19(25)21-16-6-4-5-7-16)20-10-11-22-12-14-23(15-13-22)17-8-2-1-3-9-17/h1-3,8-9,16H,4-7,10-15H2,(H,20,24)(H,21,25). The minimum Gasteiger partial charge on any atom is -0.369 e. The Hall–Kier alpha value is -2.08. The number of piperazine rings is 1. The van der Waals surface area contributed by atoms with Crippen LogP contribution in [0.3, 0.4) is 0 Å². The molecule has 0 unspecified atom stereocenters. The average Bonchev–Trinajstić information content (AvgIpc) is 3.16. The molecule has 1 aromatic rings. The van der Waals surface area contributed by atoms with Gasteiger partial charge in [-0.05, 0) is 25.0 Å². The van der Waals surface area contributed by atoms with Gasteiger partial charge in [0.05, 0.1) is 0 Å². The van der Waals surface area contributed by atoms with Crippen molar-refractivity contribution in [2.75, 3.05) is 44.2 Å². The lowest BCUT2D eigenvalue weighted by atomic mass is 10.2. The van der Waals surface area contributed by atoms with E-state index in [0.29, 0.717) is 6.54 Å². The van der Waals surface area contributed by atoms with Gasteiger partial charge in [-0.15, -0.1) is 0 Å². The number of hydrogen-bond donors (Lipinski definition) is 2. The van der Waals surface area contributed by atoms with Gasteiger partial charge in [0.2, 0.25) is 0 Å². The summed E-state index contributed by atoms with van der Waals surface area (Å²) in [6, 6.07) is 10.6. The summed E-state index contributed by atoms with van der Waals surface area (Å²) < 4.78 is 0. The summed E-state index contributed by atoms with van der Waals surface area (Å²) in [5, 5.41) is 5.56. The van der Waals surface area contributed by atoms with Gasteiger partial charge in [0.25, 0.3) is 0 Å². The fourth-order valence-corrected chi connectivity index (χ4v) is 3.60. The van der Waals surface area contributed by atoms with Crippen LogP contribution >= 0.6 is 0 Å². The second-order valence-corrected chi connectivity index (χ2v) is 6.87. The number of amides is 2. The molecule has 2 aliphatic rings. The molecule has 0 spiro atoms. The van der Waals surface area contributed by atoms with Crippen molar-refractivity contribution in [1.29, 1.82) is 0 Å². The van der Waals surface area contributed by atoms with Gasteiger partial charge in [-0.1, -0.05) is 31.0 Å². The van der Waals surface area contributed by atoms with Gasteiger partial charge in [0, 0.05) is 51.0 Å². The molecule has 2 fully saturated rings. The predicted molar refractivity (Wildman–Crippen MR) is 98.5 cm³/mol. The fourth-order valence-electron chi connectivity index (χ4n) is 3.60. The molecule has 2 N–H and O–H groups in total. The van der Waals surface area contributed by atoms with Gasteiger partial charge < -0.3 is 15.5 Å². The van der Waals surface area contributed by atoms with Crippen LogP contribution in [0.25, 0.3) is 0 Å². The molecule has 1 saturated carbocycles. The summed E-state index contributed by atoms with van der Waals surface area (Å²) in [4.78, 5) is 28.4. The van der Waals surface area contributed by atoms with Crippen LogP contribution in [0.1, 0.15) is 25.7 Å². The SMILES string of the molecule is O=C(NCCN1CCN(c2ccccc2)CC1)C(=O)NC1CCCC1. The Bertz CT molecular complexity index is 564. The van der Waals surface area contributed by atoms with E-state index in [4.69, 9.17) is 0 Å². The van der Waals surface area contributed by atoms with E-state index in [9.17, 15) is 9.59 Å². The molecule has 0 aromatic heterocycles. The average molecular weight is 344 g/mol. The monoisotopic (exact) mass is 344 g/mol. The molecular weight excluding hydrogens is 316 g/mol. The minimum atomic E-state index is -0.505. The molecule has 2 amide bonds. The molecule has 6 heteroatoms. The maximum Gasteiger partial charge on any atom is 0.309 e. The maximum absolute atomic E-state index is 11.9. The number of nitrogens with zero attached hydrogens (tertiary/aromatic N) is 2. The number of carbonyl (C=O) groups excluding carboxylic acids is 2. The third-order valence-corrected chi connectivity index (χ3v) is 5.10. The summed E-state index contributed by atoms with van der Waals surface area (Å²) in [7, 11) is 0. The van der Waals surface area contributed by atoms with Gasteiger partial charge in [-0.2, -0.15) is 0 Å². The lowest BCUT2D eigenvalue weighted by Gasteiger charge is -2.36. The van der Waals surface area contributed by atoms with Crippen LogP contribution in [0.15, 0.2) is 30.3 Å². The molecule has 1 aliphatic heterocycles. The summed E-state index contributed by atoms with van der Waals surface area (Å²) in [5.74, 6) is -0.990. The second-order valence-electron chi connectivity index (χ2n) is 6.87. The first-order chi connectivity index (χ1) is 12.2. The van der Waals surface area contributed by atoms with Gasteiger partial charge in [-0.25, -0.2) is 0 Å². The number of benzene rings is 1. The van der Waals surface area contributed by atoms with E-state index in [-0.39, 0.29) is 6.04 Å². The highest BCUT2D eigenvalue weighted by Crippen LogP contribution is 2.17. The van der Waals surface area contributed by atoms with Crippen molar-refractivity contribution >= 4 is 17.5 Å². The molecule has 1 aliphatic carbocycles. The van der Waals surface area contributed by atoms with Crippen molar-refractivity contribution in [2.24, 2.45) is 0 Å².